The van der Waals surface area contributed by atoms with Gasteiger partial charge in [0.05, 0.1) is 23.0 Å². The molecule has 1 aromatic carbocycles. The smallest absolute Gasteiger partial charge is 0.376 e. The van der Waals surface area contributed by atoms with Gasteiger partial charge in [0.15, 0.2) is 0 Å². The number of benzene rings is 1. The molecule has 4 rings (SSSR count). The molecule has 3 heterocycles. The van der Waals surface area contributed by atoms with Crippen molar-refractivity contribution in [2.24, 2.45) is 0 Å². The van der Waals surface area contributed by atoms with Gasteiger partial charge in [-0.05, 0) is 42.7 Å². The Balaban J connectivity index is 1.58. The van der Waals surface area contributed by atoms with Crippen LogP contribution in [0.2, 0.25) is 0 Å². The highest BCUT2D eigenvalue weighted by Gasteiger charge is 2.35. The third kappa shape index (κ3) is 5.22. The number of hydrogen-bond donors (Lipinski definition) is 1. The summed E-state index contributed by atoms with van der Waals surface area (Å²) in [6.45, 7) is 1.06. The zero-order chi connectivity index (χ0) is 22.6. The highest BCUT2D eigenvalue weighted by Crippen LogP contribution is 2.36. The van der Waals surface area contributed by atoms with Crippen LogP contribution in [-0.4, -0.2) is 49.9 Å². The number of rotatable bonds is 6. The predicted octanol–water partition coefficient (Wildman–Crippen LogP) is 3.89. The van der Waals surface area contributed by atoms with Crippen molar-refractivity contribution >= 4 is 11.7 Å². The second-order valence-electron chi connectivity index (χ2n) is 7.37. The van der Waals surface area contributed by atoms with Gasteiger partial charge in [-0.1, -0.05) is 6.07 Å². The monoisotopic (exact) mass is 446 g/mol. The summed E-state index contributed by atoms with van der Waals surface area (Å²) >= 11 is 0. The summed E-state index contributed by atoms with van der Waals surface area (Å²) in [5.41, 5.74) is -0.371. The Morgan fingerprint density at radius 1 is 1.28 bits per heavy atom. The Morgan fingerprint density at radius 3 is 2.81 bits per heavy atom. The number of ether oxygens (including phenoxy) is 1. The van der Waals surface area contributed by atoms with E-state index in [9.17, 15) is 18.0 Å². The molecule has 1 atom stereocenters. The molecule has 1 aliphatic rings. The Hall–Kier alpha value is -3.47. The van der Waals surface area contributed by atoms with Gasteiger partial charge in [0, 0.05) is 32.1 Å². The van der Waals surface area contributed by atoms with Crippen LogP contribution < -0.4 is 5.32 Å². The zero-order valence-corrected chi connectivity index (χ0v) is 17.0. The molecule has 1 aliphatic heterocycles. The van der Waals surface area contributed by atoms with Crippen molar-refractivity contribution in [3.63, 3.8) is 0 Å². The first-order valence-electron chi connectivity index (χ1n) is 10.0. The maximum Gasteiger partial charge on any atom is 0.418 e. The molecule has 1 fully saturated rings. The van der Waals surface area contributed by atoms with E-state index >= 15 is 0 Å². The van der Waals surface area contributed by atoms with Gasteiger partial charge in [-0.3, -0.25) is 4.98 Å². The molecule has 0 spiro atoms. The molecule has 0 aliphatic carbocycles. The molecule has 11 heteroatoms. The van der Waals surface area contributed by atoms with Crippen LogP contribution in [0, 0.1) is 0 Å². The maximum absolute atomic E-state index is 13.8. The van der Waals surface area contributed by atoms with Gasteiger partial charge in [-0.15, -0.1) is 0 Å². The van der Waals surface area contributed by atoms with Crippen molar-refractivity contribution in [1.82, 2.24) is 24.6 Å². The number of urea groups is 1. The van der Waals surface area contributed by atoms with Crippen LogP contribution >= 0.6 is 0 Å². The largest absolute Gasteiger partial charge is 0.418 e. The molecular formula is C21H21F3N6O2. The maximum atomic E-state index is 13.8. The lowest BCUT2D eigenvalue weighted by Crippen LogP contribution is -2.40. The van der Waals surface area contributed by atoms with Gasteiger partial charge in [-0.25, -0.2) is 14.5 Å². The highest BCUT2D eigenvalue weighted by atomic mass is 19.4. The van der Waals surface area contributed by atoms with Gasteiger partial charge in [0.2, 0.25) is 0 Å². The van der Waals surface area contributed by atoms with Gasteiger partial charge >= 0.3 is 12.2 Å². The molecule has 0 radical (unpaired) electrons. The fraction of sp³-hybridized carbons (Fsp3) is 0.333. The Labute approximate surface area is 182 Å². The normalized spacial score (nSPS) is 16.2. The van der Waals surface area contributed by atoms with Gasteiger partial charge in [-0.2, -0.15) is 18.3 Å². The second kappa shape index (κ2) is 9.35. The minimum atomic E-state index is -4.68. The second-order valence-corrected chi connectivity index (χ2v) is 7.37. The molecule has 0 saturated carbocycles. The quantitative estimate of drug-likeness (QED) is 0.621. The molecule has 1 N–H and O–H groups in total. The van der Waals surface area contributed by atoms with Crippen molar-refractivity contribution in [2.45, 2.75) is 31.7 Å². The molecule has 8 nitrogen and oxygen atoms in total. The molecular weight excluding hydrogens is 425 g/mol. The number of pyridine rings is 1. The van der Waals surface area contributed by atoms with E-state index in [1.165, 1.54) is 34.4 Å². The number of anilines is 1. The van der Waals surface area contributed by atoms with Crippen molar-refractivity contribution in [3.8, 4) is 5.69 Å². The minimum Gasteiger partial charge on any atom is -0.376 e. The molecule has 1 unspecified atom stereocenters. The third-order valence-electron chi connectivity index (χ3n) is 5.06. The summed E-state index contributed by atoms with van der Waals surface area (Å²) in [4.78, 5) is 22.3. The van der Waals surface area contributed by atoms with E-state index in [0.29, 0.717) is 6.61 Å². The molecule has 2 amide bonds. The minimum absolute atomic E-state index is 0.158. The average Bonchev–Trinajstić information content (AvgIpc) is 3.48. The molecule has 32 heavy (non-hydrogen) atoms. The SMILES string of the molecule is O=C(Nc1ccc(-n2cncn2)cc1C(F)(F)F)N(Cc1cccnc1)CC1CCCO1. The first-order chi connectivity index (χ1) is 15.4. The van der Waals surface area contributed by atoms with E-state index in [0.717, 1.165) is 24.5 Å². The number of carbonyl (C=O) groups is 1. The Morgan fingerprint density at radius 2 is 2.16 bits per heavy atom. The van der Waals surface area contributed by atoms with Crippen molar-refractivity contribution in [2.75, 3.05) is 18.5 Å². The number of amides is 2. The molecule has 2 aromatic heterocycles. The van der Waals surface area contributed by atoms with Gasteiger partial charge in [0.25, 0.3) is 0 Å². The fourth-order valence-electron chi connectivity index (χ4n) is 3.52. The number of aromatic nitrogens is 4. The van der Waals surface area contributed by atoms with Crippen LogP contribution in [0.3, 0.4) is 0 Å². The van der Waals surface area contributed by atoms with E-state index in [1.807, 2.05) is 0 Å². The van der Waals surface area contributed by atoms with E-state index in [4.69, 9.17) is 4.74 Å². The molecule has 0 bridgehead atoms. The van der Waals surface area contributed by atoms with Crippen LogP contribution in [0.4, 0.5) is 23.7 Å². The van der Waals surface area contributed by atoms with Crippen LogP contribution in [0.15, 0.2) is 55.4 Å². The Bertz CT molecular complexity index is 1040. The predicted molar refractivity (Wildman–Crippen MR) is 109 cm³/mol. The summed E-state index contributed by atoms with van der Waals surface area (Å²) in [5, 5.41) is 6.29. The third-order valence-corrected chi connectivity index (χ3v) is 5.06. The first kappa shape index (κ1) is 21.8. The number of halogens is 3. The molecule has 168 valence electrons. The summed E-state index contributed by atoms with van der Waals surface area (Å²) in [6.07, 6.45) is 2.59. The zero-order valence-electron chi connectivity index (χ0n) is 17.0. The highest BCUT2D eigenvalue weighted by molar-refractivity contribution is 5.90. The number of alkyl halides is 3. The summed E-state index contributed by atoms with van der Waals surface area (Å²) in [6, 6.07) is 6.47. The molecule has 3 aromatic rings. The summed E-state index contributed by atoms with van der Waals surface area (Å²) in [5.74, 6) is 0. The fourth-order valence-corrected chi connectivity index (χ4v) is 3.52. The van der Waals surface area contributed by atoms with E-state index in [2.05, 4.69) is 20.4 Å². The Kier molecular flexibility index (Phi) is 6.35. The van der Waals surface area contributed by atoms with Crippen molar-refractivity contribution in [3.05, 3.63) is 66.5 Å². The lowest BCUT2D eigenvalue weighted by atomic mass is 10.1. The number of carbonyl (C=O) groups excluding carboxylic acids is 1. The summed E-state index contributed by atoms with van der Waals surface area (Å²) in [7, 11) is 0. The summed E-state index contributed by atoms with van der Waals surface area (Å²) < 4.78 is 48.1. The average molecular weight is 446 g/mol. The van der Waals surface area contributed by atoms with E-state index < -0.39 is 17.8 Å². The van der Waals surface area contributed by atoms with Crippen molar-refractivity contribution < 1.29 is 22.7 Å². The van der Waals surface area contributed by atoms with Gasteiger partial charge in [0.1, 0.15) is 12.7 Å². The topological polar surface area (TPSA) is 85.2 Å². The lowest BCUT2D eigenvalue weighted by molar-refractivity contribution is -0.136. The van der Waals surface area contributed by atoms with Gasteiger partial charge < -0.3 is 15.0 Å². The van der Waals surface area contributed by atoms with Crippen LogP contribution in [-0.2, 0) is 17.5 Å². The van der Waals surface area contributed by atoms with Crippen molar-refractivity contribution in [1.29, 1.82) is 0 Å². The lowest BCUT2D eigenvalue weighted by Gasteiger charge is -2.26. The van der Waals surface area contributed by atoms with E-state index in [1.54, 1.807) is 24.5 Å². The molecule has 1 saturated heterocycles. The first-order valence-corrected chi connectivity index (χ1v) is 10.0. The van der Waals surface area contributed by atoms with Crippen LogP contribution in [0.5, 0.6) is 0 Å². The van der Waals surface area contributed by atoms with E-state index in [-0.39, 0.29) is 30.6 Å². The number of hydrogen-bond acceptors (Lipinski definition) is 5. The number of nitrogens with one attached hydrogen (secondary N) is 1. The van der Waals surface area contributed by atoms with Crippen LogP contribution in [0.1, 0.15) is 24.0 Å². The number of nitrogens with zero attached hydrogens (tertiary/aromatic N) is 5. The van der Waals surface area contributed by atoms with Crippen LogP contribution in [0.25, 0.3) is 5.69 Å². The standard InChI is InChI=1S/C21H21F3N6O2/c22-21(23,24)18-9-16(30-14-26-13-27-30)5-6-19(18)28-20(31)29(12-17-4-2-8-32-17)11-15-3-1-7-25-10-15/h1,3,5-7,9-10,13-14,17H,2,4,8,11-12H2,(H,28,31).